The van der Waals surface area contributed by atoms with Crippen LogP contribution in [0.2, 0.25) is 0 Å². The first-order chi connectivity index (χ1) is 11.8. The molecule has 1 amide bonds. The third kappa shape index (κ3) is 2.85. The molecule has 1 atom stereocenters. The maximum absolute atomic E-state index is 12.6. The van der Waals surface area contributed by atoms with E-state index in [0.717, 1.165) is 42.2 Å². The van der Waals surface area contributed by atoms with Crippen LogP contribution in [0.4, 0.5) is 0 Å². The van der Waals surface area contributed by atoms with Gasteiger partial charge in [0.05, 0.1) is 10.9 Å². The Balaban J connectivity index is 1.57. The molecule has 4 rings (SSSR count). The molecule has 0 saturated carbocycles. The zero-order valence-corrected chi connectivity index (χ0v) is 14.0. The van der Waals surface area contributed by atoms with Gasteiger partial charge in [-0.3, -0.25) is 9.78 Å². The Labute approximate surface area is 144 Å². The molecule has 0 spiro atoms. The first-order valence-electron chi connectivity index (χ1n) is 8.09. The van der Waals surface area contributed by atoms with E-state index in [-0.39, 0.29) is 11.9 Å². The molecule has 3 aromatic rings. The predicted octanol–water partition coefficient (Wildman–Crippen LogP) is 3.48. The van der Waals surface area contributed by atoms with E-state index in [1.165, 1.54) is 11.3 Å². The molecule has 0 aliphatic carbocycles. The number of amides is 1. The number of piperidine rings is 1. The smallest absolute Gasteiger partial charge is 0.263 e. The molecule has 0 unspecified atom stereocenters. The minimum atomic E-state index is 0.139. The van der Waals surface area contributed by atoms with Gasteiger partial charge in [-0.15, -0.1) is 11.3 Å². The highest BCUT2D eigenvalue weighted by Gasteiger charge is 2.27. The lowest BCUT2D eigenvalue weighted by Gasteiger charge is -2.34. The van der Waals surface area contributed by atoms with Crippen LogP contribution in [0.3, 0.4) is 0 Å². The molecule has 5 nitrogen and oxygen atoms in total. The second-order valence-electron chi connectivity index (χ2n) is 5.92. The molecule has 122 valence electrons. The van der Waals surface area contributed by atoms with Crippen LogP contribution in [-0.4, -0.2) is 38.4 Å². The lowest BCUT2D eigenvalue weighted by atomic mass is 10.0. The molecule has 0 bridgehead atoms. The van der Waals surface area contributed by atoms with Crippen molar-refractivity contribution < 1.29 is 4.79 Å². The predicted molar refractivity (Wildman–Crippen MR) is 94.0 cm³/mol. The normalized spacial score (nSPS) is 17.8. The molecule has 0 N–H and O–H groups in total. The van der Waals surface area contributed by atoms with Gasteiger partial charge in [-0.2, -0.15) is 0 Å². The van der Waals surface area contributed by atoms with E-state index in [1.807, 2.05) is 46.9 Å². The van der Waals surface area contributed by atoms with Crippen molar-refractivity contribution in [3.05, 3.63) is 59.3 Å². The van der Waals surface area contributed by atoms with E-state index in [9.17, 15) is 4.79 Å². The molecule has 1 saturated heterocycles. The van der Waals surface area contributed by atoms with E-state index in [4.69, 9.17) is 0 Å². The lowest BCUT2D eigenvalue weighted by Crippen LogP contribution is -2.40. The van der Waals surface area contributed by atoms with E-state index in [2.05, 4.69) is 14.5 Å². The summed E-state index contributed by atoms with van der Waals surface area (Å²) >= 11 is 1.51. The number of carbonyl (C=O) groups is 1. The Kier molecular flexibility index (Phi) is 4.13. The number of carbonyl (C=O) groups excluding carboxylic acids is 1. The largest absolute Gasteiger partial charge is 0.336 e. The fourth-order valence-corrected chi connectivity index (χ4v) is 3.95. The van der Waals surface area contributed by atoms with E-state index >= 15 is 0 Å². The third-order valence-corrected chi connectivity index (χ3v) is 5.27. The summed E-state index contributed by atoms with van der Waals surface area (Å²) in [6.45, 7) is 1.55. The van der Waals surface area contributed by atoms with Gasteiger partial charge in [0.25, 0.3) is 5.91 Å². The van der Waals surface area contributed by atoms with Crippen LogP contribution >= 0.6 is 11.3 Å². The summed E-state index contributed by atoms with van der Waals surface area (Å²) < 4.78 is 2.20. The fourth-order valence-electron chi connectivity index (χ4n) is 3.25. The minimum absolute atomic E-state index is 0.139. The highest BCUT2D eigenvalue weighted by molar-refractivity contribution is 7.12. The first-order valence-corrected chi connectivity index (χ1v) is 8.97. The van der Waals surface area contributed by atoms with Gasteiger partial charge in [0.1, 0.15) is 5.82 Å². The Morgan fingerprint density at radius 1 is 1.21 bits per heavy atom. The SMILES string of the molecule is O=C(c1cccs1)N1CCC[C@H](n2ccnc2-c2ccncc2)C1. The van der Waals surface area contributed by atoms with Crippen molar-refractivity contribution in [2.45, 2.75) is 18.9 Å². The van der Waals surface area contributed by atoms with Gasteiger partial charge >= 0.3 is 0 Å². The van der Waals surface area contributed by atoms with Gasteiger partial charge in [-0.25, -0.2) is 4.98 Å². The quantitative estimate of drug-likeness (QED) is 0.734. The fraction of sp³-hybridized carbons (Fsp3) is 0.278. The van der Waals surface area contributed by atoms with Gasteiger partial charge in [-0.1, -0.05) is 6.07 Å². The highest BCUT2D eigenvalue weighted by Crippen LogP contribution is 2.28. The number of imidazole rings is 1. The molecule has 1 fully saturated rings. The third-order valence-electron chi connectivity index (χ3n) is 4.42. The highest BCUT2D eigenvalue weighted by atomic mass is 32.1. The number of aromatic nitrogens is 3. The maximum Gasteiger partial charge on any atom is 0.263 e. The molecule has 1 aliphatic rings. The molecule has 3 aromatic heterocycles. The Bertz CT molecular complexity index is 813. The molecule has 0 radical (unpaired) electrons. The molecular formula is C18H18N4OS. The first kappa shape index (κ1) is 15.1. The number of nitrogens with zero attached hydrogens (tertiary/aromatic N) is 4. The molecule has 0 aromatic carbocycles. The van der Waals surface area contributed by atoms with Gasteiger partial charge in [0.2, 0.25) is 0 Å². The zero-order valence-electron chi connectivity index (χ0n) is 13.2. The molecule has 24 heavy (non-hydrogen) atoms. The van der Waals surface area contributed by atoms with Crippen molar-refractivity contribution in [3.63, 3.8) is 0 Å². The molecule has 6 heteroatoms. The number of hydrogen-bond donors (Lipinski definition) is 0. The molecule has 1 aliphatic heterocycles. The van der Waals surface area contributed by atoms with E-state index in [1.54, 1.807) is 12.4 Å². The van der Waals surface area contributed by atoms with Crippen molar-refractivity contribution in [2.75, 3.05) is 13.1 Å². The Hall–Kier alpha value is -2.47. The summed E-state index contributed by atoms with van der Waals surface area (Å²) in [7, 11) is 0. The van der Waals surface area contributed by atoms with Crippen LogP contribution in [0.1, 0.15) is 28.6 Å². The summed E-state index contributed by atoms with van der Waals surface area (Å²) in [4.78, 5) is 24.0. The van der Waals surface area contributed by atoms with Gasteiger partial charge in [-0.05, 0) is 36.4 Å². The van der Waals surface area contributed by atoms with Crippen molar-refractivity contribution in [2.24, 2.45) is 0 Å². The maximum atomic E-state index is 12.6. The number of hydrogen-bond acceptors (Lipinski definition) is 4. The summed E-state index contributed by atoms with van der Waals surface area (Å²) in [5, 5.41) is 1.95. The standard InChI is InChI=1S/C18H18N4OS/c23-18(16-4-2-12-24-16)21-10-1-3-15(13-21)22-11-9-20-17(22)14-5-7-19-8-6-14/h2,4-9,11-12,15H,1,3,10,13H2/t15-/m0/s1. The summed E-state index contributed by atoms with van der Waals surface area (Å²) in [5.74, 6) is 1.08. The number of pyridine rings is 1. The van der Waals surface area contributed by atoms with Crippen LogP contribution < -0.4 is 0 Å². The second-order valence-corrected chi connectivity index (χ2v) is 6.87. The topological polar surface area (TPSA) is 51.0 Å². The van der Waals surface area contributed by atoms with E-state index < -0.39 is 0 Å². The Morgan fingerprint density at radius 2 is 2.08 bits per heavy atom. The zero-order chi connectivity index (χ0) is 16.4. The second kappa shape index (κ2) is 6.57. The van der Waals surface area contributed by atoms with Gasteiger partial charge in [0.15, 0.2) is 0 Å². The lowest BCUT2D eigenvalue weighted by molar-refractivity contribution is 0.0685. The summed E-state index contributed by atoms with van der Waals surface area (Å²) in [6, 6.07) is 8.02. The van der Waals surface area contributed by atoms with Crippen molar-refractivity contribution >= 4 is 17.2 Å². The average molecular weight is 338 g/mol. The summed E-state index contributed by atoms with van der Waals surface area (Å²) in [5.41, 5.74) is 1.05. The van der Waals surface area contributed by atoms with Gasteiger partial charge in [0, 0.05) is 43.4 Å². The minimum Gasteiger partial charge on any atom is -0.336 e. The van der Waals surface area contributed by atoms with Crippen molar-refractivity contribution in [1.29, 1.82) is 0 Å². The van der Waals surface area contributed by atoms with E-state index in [0.29, 0.717) is 0 Å². The van der Waals surface area contributed by atoms with Gasteiger partial charge < -0.3 is 9.47 Å². The monoisotopic (exact) mass is 338 g/mol. The Morgan fingerprint density at radius 3 is 2.88 bits per heavy atom. The number of thiophene rings is 1. The molecule has 4 heterocycles. The summed E-state index contributed by atoms with van der Waals surface area (Å²) in [6.07, 6.45) is 9.47. The average Bonchev–Trinajstić information content (AvgIpc) is 3.34. The number of rotatable bonds is 3. The number of likely N-dealkylation sites (tertiary alicyclic amines) is 1. The van der Waals surface area contributed by atoms with Crippen LogP contribution in [0.25, 0.3) is 11.4 Å². The van der Waals surface area contributed by atoms with Crippen LogP contribution in [0.5, 0.6) is 0 Å². The molecular weight excluding hydrogens is 320 g/mol. The van der Waals surface area contributed by atoms with Crippen molar-refractivity contribution in [1.82, 2.24) is 19.4 Å². The van der Waals surface area contributed by atoms with Crippen LogP contribution in [0, 0.1) is 0 Å². The van der Waals surface area contributed by atoms with Crippen molar-refractivity contribution in [3.8, 4) is 11.4 Å². The van der Waals surface area contributed by atoms with Crippen LogP contribution in [-0.2, 0) is 0 Å². The van der Waals surface area contributed by atoms with Crippen LogP contribution in [0.15, 0.2) is 54.4 Å².